The minimum absolute atomic E-state index is 0. The maximum atomic E-state index is 3.64. The van der Waals surface area contributed by atoms with Crippen molar-refractivity contribution in [2.45, 2.75) is 79.1 Å². The van der Waals surface area contributed by atoms with Gasteiger partial charge in [0.2, 0.25) is 0 Å². The summed E-state index contributed by atoms with van der Waals surface area (Å²) in [5, 5.41) is 0. The Morgan fingerprint density at radius 2 is 0.806 bits per heavy atom. The zero-order valence-corrected chi connectivity index (χ0v) is 22.4. The molecule has 3 aromatic rings. The van der Waals surface area contributed by atoms with E-state index in [-0.39, 0.29) is 12.4 Å². The van der Waals surface area contributed by atoms with Gasteiger partial charge in [-0.1, -0.05) is 0 Å². The van der Waals surface area contributed by atoms with Gasteiger partial charge in [-0.3, -0.25) is 0 Å². The van der Waals surface area contributed by atoms with E-state index in [9.17, 15) is 0 Å². The number of para-hydroxylation sites is 2. The summed E-state index contributed by atoms with van der Waals surface area (Å²) in [7, 11) is 0. The molecule has 172 valence electrons. The molecule has 1 aromatic heterocycles. The van der Waals surface area contributed by atoms with E-state index in [0.717, 1.165) is 3.89 Å². The van der Waals surface area contributed by atoms with E-state index in [0.29, 0.717) is 23.7 Å². The van der Waals surface area contributed by atoms with Crippen molar-refractivity contribution in [1.82, 2.24) is 9.13 Å². The van der Waals surface area contributed by atoms with Gasteiger partial charge in [-0.2, -0.15) is 0 Å². The smallest absolute Gasteiger partial charge is 0.147 e. The summed E-state index contributed by atoms with van der Waals surface area (Å²) in [5.74, 6) is 1.83. The molecule has 0 unspecified atom stereocenters. The molecular formula is C27H37ClN2Pd. The molecule has 2 aromatic carbocycles. The van der Waals surface area contributed by atoms with Crippen LogP contribution in [0.1, 0.15) is 101 Å². The van der Waals surface area contributed by atoms with Crippen LogP contribution in [0.25, 0.3) is 11.4 Å². The van der Waals surface area contributed by atoms with Gasteiger partial charge in [0.25, 0.3) is 0 Å². The zero-order valence-electron chi connectivity index (χ0n) is 20.0. The van der Waals surface area contributed by atoms with E-state index in [1.165, 1.54) is 33.6 Å². The molecule has 31 heavy (non-hydrogen) atoms. The molecule has 0 bridgehead atoms. The number of rotatable bonds is 6. The Kier molecular flexibility index (Phi) is 8.74. The summed E-state index contributed by atoms with van der Waals surface area (Å²) >= 11 is 3.64. The van der Waals surface area contributed by atoms with Gasteiger partial charge in [-0.05, 0) is 0 Å². The van der Waals surface area contributed by atoms with E-state index >= 15 is 0 Å². The van der Waals surface area contributed by atoms with E-state index in [2.05, 4.69) is 132 Å². The van der Waals surface area contributed by atoms with Crippen molar-refractivity contribution in [2.24, 2.45) is 0 Å². The average Bonchev–Trinajstić information content (AvgIpc) is 3.07. The summed E-state index contributed by atoms with van der Waals surface area (Å²) < 4.78 is 5.78. The molecule has 0 saturated carbocycles. The van der Waals surface area contributed by atoms with Crippen LogP contribution in [-0.4, -0.2) is 9.13 Å². The van der Waals surface area contributed by atoms with Crippen LogP contribution in [0.4, 0.5) is 0 Å². The summed E-state index contributed by atoms with van der Waals surface area (Å²) in [5.41, 5.74) is 8.18. The van der Waals surface area contributed by atoms with Gasteiger partial charge in [-0.25, -0.2) is 0 Å². The van der Waals surface area contributed by atoms with Crippen LogP contribution in [0.5, 0.6) is 0 Å². The maximum Gasteiger partial charge on any atom is -0.147 e. The first kappa shape index (κ1) is 25.9. The molecule has 3 rings (SSSR count). The molecule has 0 spiro atoms. The van der Waals surface area contributed by atoms with Gasteiger partial charge in [0.1, 0.15) is 0 Å². The average molecular weight is 531 g/mol. The third kappa shape index (κ3) is 5.00. The number of aromatic nitrogens is 2. The molecule has 0 aliphatic heterocycles. The molecule has 1 heterocycles. The first-order valence-electron chi connectivity index (χ1n) is 11.2. The third-order valence-electron chi connectivity index (χ3n) is 5.90. The monoisotopic (exact) mass is 530 g/mol. The van der Waals surface area contributed by atoms with Crippen molar-refractivity contribution in [1.29, 1.82) is 0 Å². The number of hydrogen-bond acceptors (Lipinski definition) is 0. The van der Waals surface area contributed by atoms with Crippen LogP contribution in [0.3, 0.4) is 0 Å². The Hall–Kier alpha value is -1.40. The van der Waals surface area contributed by atoms with E-state index < -0.39 is 0 Å². The van der Waals surface area contributed by atoms with Gasteiger partial charge in [0.15, 0.2) is 0 Å². The number of hydrogen-bond donors (Lipinski definition) is 0. The van der Waals surface area contributed by atoms with Crippen LogP contribution in [0.2, 0.25) is 0 Å². The predicted octanol–water partition coefficient (Wildman–Crippen LogP) is 8.26. The summed E-state index contributed by atoms with van der Waals surface area (Å²) in [6.45, 7) is 18.2. The van der Waals surface area contributed by atoms with Gasteiger partial charge in [0, 0.05) is 0 Å². The molecule has 0 saturated heterocycles. The van der Waals surface area contributed by atoms with Crippen molar-refractivity contribution in [2.75, 3.05) is 0 Å². The zero-order chi connectivity index (χ0) is 22.2. The fraction of sp³-hybridized carbons (Fsp3) is 0.444. The van der Waals surface area contributed by atoms with E-state index in [1.807, 2.05) is 0 Å². The summed E-state index contributed by atoms with van der Waals surface area (Å²) in [6, 6.07) is 13.5. The second kappa shape index (κ2) is 10.5. The Morgan fingerprint density at radius 1 is 0.548 bits per heavy atom. The number of imidazole rings is 1. The molecule has 0 fully saturated rings. The molecule has 0 amide bonds. The van der Waals surface area contributed by atoms with Gasteiger partial charge in [-0.15, -0.1) is 12.4 Å². The van der Waals surface area contributed by atoms with Crippen molar-refractivity contribution in [3.05, 3.63) is 74.9 Å². The van der Waals surface area contributed by atoms with Crippen LogP contribution < -0.4 is 0 Å². The van der Waals surface area contributed by atoms with E-state index in [4.69, 9.17) is 0 Å². The SMILES string of the molecule is CC(C)c1cccc(C(C)C)c1-n1ccn(-c2c(C(C)C)cccc2C(C)C)[c]1=[Pd].Cl. The van der Waals surface area contributed by atoms with Gasteiger partial charge < -0.3 is 0 Å². The summed E-state index contributed by atoms with van der Waals surface area (Å²) in [4.78, 5) is 0. The standard InChI is InChI=1S/C27H36N2.ClH.Pd/c1-18(2)22-11-9-12-23(19(3)4)26(22)28-15-16-29(17-28)27-24(20(5)6)13-10-14-25(27)21(7)8;;/h9-16,18-21H,1-8H3;1H;. The fourth-order valence-electron chi connectivity index (χ4n) is 4.26. The molecule has 0 atom stereocenters. The van der Waals surface area contributed by atoms with Gasteiger partial charge >= 0.3 is 193 Å². The van der Waals surface area contributed by atoms with Crippen molar-refractivity contribution in [3.63, 3.8) is 0 Å². The first-order valence-corrected chi connectivity index (χ1v) is 11.9. The Balaban J connectivity index is 0.00000341. The number of benzene rings is 2. The normalized spacial score (nSPS) is 11.7. The van der Waals surface area contributed by atoms with Crippen molar-refractivity contribution >= 4 is 12.4 Å². The molecular weight excluding hydrogens is 494 g/mol. The maximum absolute atomic E-state index is 3.64. The quantitative estimate of drug-likeness (QED) is 0.284. The molecule has 0 aliphatic rings. The topological polar surface area (TPSA) is 9.86 Å². The molecule has 2 nitrogen and oxygen atoms in total. The van der Waals surface area contributed by atoms with Crippen LogP contribution >= 0.6 is 12.4 Å². The Labute approximate surface area is 205 Å². The predicted molar refractivity (Wildman–Crippen MR) is 132 cm³/mol. The molecule has 4 heteroatoms. The number of nitrogens with zero attached hydrogens (tertiary/aromatic N) is 2. The van der Waals surface area contributed by atoms with Gasteiger partial charge in [0.05, 0.1) is 0 Å². The molecule has 0 aliphatic carbocycles. The van der Waals surface area contributed by atoms with Crippen molar-refractivity contribution < 1.29 is 18.7 Å². The molecule has 0 radical (unpaired) electrons. The van der Waals surface area contributed by atoms with Crippen LogP contribution in [0.15, 0.2) is 48.8 Å². The fourth-order valence-corrected chi connectivity index (χ4v) is 4.84. The van der Waals surface area contributed by atoms with Crippen molar-refractivity contribution in [3.8, 4) is 11.4 Å². The summed E-state index contributed by atoms with van der Waals surface area (Å²) in [6.07, 6.45) is 4.43. The third-order valence-corrected chi connectivity index (χ3v) is 6.65. The minimum atomic E-state index is 0. The Bertz CT molecular complexity index is 950. The first-order chi connectivity index (χ1) is 14.1. The van der Waals surface area contributed by atoms with Crippen LogP contribution in [0, 0.1) is 3.89 Å². The van der Waals surface area contributed by atoms with Crippen LogP contribution in [-0.2, 0) is 18.7 Å². The second-order valence-electron chi connectivity index (χ2n) is 9.47. The largest absolute Gasteiger partial charge is 0.147 e. The second-order valence-corrected chi connectivity index (χ2v) is 10.2. The number of halogens is 1. The molecule has 0 N–H and O–H groups in total. The Morgan fingerprint density at radius 3 is 1.03 bits per heavy atom. The minimum Gasteiger partial charge on any atom is -0.147 e. The van der Waals surface area contributed by atoms with E-state index in [1.54, 1.807) is 0 Å².